The summed E-state index contributed by atoms with van der Waals surface area (Å²) in [6.45, 7) is 8.59. The number of guanidine groups is 1. The van der Waals surface area contributed by atoms with Crippen LogP contribution in [0.25, 0.3) is 0 Å². The predicted molar refractivity (Wildman–Crippen MR) is 113 cm³/mol. The summed E-state index contributed by atoms with van der Waals surface area (Å²) in [4.78, 5) is 11.2. The lowest BCUT2D eigenvalue weighted by molar-refractivity contribution is 0.161. The van der Waals surface area contributed by atoms with Gasteiger partial charge in [-0.25, -0.2) is 4.98 Å². The van der Waals surface area contributed by atoms with Crippen LogP contribution in [0.5, 0.6) is 0 Å². The SMILES string of the molecule is CN=C(NCc1ncnn1C)NCC(C(C)C)N1CCCCCC1.I. The maximum Gasteiger partial charge on any atom is 0.191 e. The lowest BCUT2D eigenvalue weighted by Crippen LogP contribution is -2.49. The van der Waals surface area contributed by atoms with Gasteiger partial charge >= 0.3 is 0 Å². The Bertz CT molecular complexity index is 507. The van der Waals surface area contributed by atoms with Crippen molar-refractivity contribution in [3.05, 3.63) is 12.2 Å². The molecule has 2 rings (SSSR count). The molecule has 0 saturated carbocycles. The van der Waals surface area contributed by atoms with Crippen LogP contribution in [0.4, 0.5) is 0 Å². The summed E-state index contributed by atoms with van der Waals surface area (Å²) < 4.78 is 1.77. The summed E-state index contributed by atoms with van der Waals surface area (Å²) in [7, 11) is 3.71. The lowest BCUT2D eigenvalue weighted by atomic mass is 10.0. The van der Waals surface area contributed by atoms with Gasteiger partial charge < -0.3 is 10.6 Å². The molecule has 1 fully saturated rings. The molecule has 1 aromatic heterocycles. The average Bonchev–Trinajstić information content (AvgIpc) is 2.81. The van der Waals surface area contributed by atoms with Gasteiger partial charge in [0.05, 0.1) is 6.54 Å². The molecular weight excluding hydrogens is 429 g/mol. The Balaban J connectivity index is 0.00000312. The fourth-order valence-electron chi connectivity index (χ4n) is 3.28. The van der Waals surface area contributed by atoms with Crippen LogP contribution in [-0.2, 0) is 13.6 Å². The number of aromatic nitrogens is 3. The number of hydrogen-bond acceptors (Lipinski definition) is 4. The molecule has 2 N–H and O–H groups in total. The maximum atomic E-state index is 4.33. The minimum absolute atomic E-state index is 0. The van der Waals surface area contributed by atoms with Crippen molar-refractivity contribution in [1.29, 1.82) is 0 Å². The molecule has 1 unspecified atom stereocenters. The topological polar surface area (TPSA) is 70.4 Å². The summed E-state index contributed by atoms with van der Waals surface area (Å²) in [5, 5.41) is 10.9. The second-order valence-corrected chi connectivity index (χ2v) is 6.87. The zero-order valence-corrected chi connectivity index (χ0v) is 18.4. The van der Waals surface area contributed by atoms with Gasteiger partial charge in [0, 0.05) is 26.7 Å². The summed E-state index contributed by atoms with van der Waals surface area (Å²) in [5.74, 6) is 2.33. The molecule has 1 aliphatic heterocycles. The minimum Gasteiger partial charge on any atom is -0.355 e. The molecule has 0 radical (unpaired) electrons. The fraction of sp³-hybridized carbons (Fsp3) is 0.824. The molecular formula is C17H34IN7. The maximum absolute atomic E-state index is 4.33. The van der Waals surface area contributed by atoms with Crippen LogP contribution in [0.15, 0.2) is 11.3 Å². The van der Waals surface area contributed by atoms with Gasteiger partial charge in [-0.1, -0.05) is 26.7 Å². The Morgan fingerprint density at radius 2 is 1.88 bits per heavy atom. The number of aliphatic imine (C=N–C) groups is 1. The number of halogens is 1. The first-order chi connectivity index (χ1) is 11.6. The van der Waals surface area contributed by atoms with Crippen LogP contribution < -0.4 is 10.6 Å². The van der Waals surface area contributed by atoms with Crippen molar-refractivity contribution in [2.45, 2.75) is 52.1 Å². The quantitative estimate of drug-likeness (QED) is 0.384. The summed E-state index contributed by atoms with van der Waals surface area (Å²) in [6.07, 6.45) is 6.96. The van der Waals surface area contributed by atoms with E-state index in [1.165, 1.54) is 38.8 Å². The van der Waals surface area contributed by atoms with E-state index in [2.05, 4.69) is 44.5 Å². The molecule has 1 aromatic rings. The standard InChI is InChI=1S/C17H33N7.HI/c1-14(2)15(24-9-7-5-6-8-10-24)11-19-17(18-3)20-12-16-21-13-22-23(16)4;/h13-15H,5-12H2,1-4H3,(H2,18,19,20);1H. The van der Waals surface area contributed by atoms with Crippen molar-refractivity contribution in [1.82, 2.24) is 30.3 Å². The lowest BCUT2D eigenvalue weighted by Gasteiger charge is -2.34. The normalized spacial score (nSPS) is 17.7. The zero-order chi connectivity index (χ0) is 17.4. The Morgan fingerprint density at radius 1 is 1.20 bits per heavy atom. The van der Waals surface area contributed by atoms with Crippen LogP contribution in [0.3, 0.4) is 0 Å². The smallest absolute Gasteiger partial charge is 0.191 e. The van der Waals surface area contributed by atoms with Gasteiger partial charge in [-0.15, -0.1) is 24.0 Å². The number of likely N-dealkylation sites (tertiary alicyclic amines) is 1. The van der Waals surface area contributed by atoms with E-state index in [1.54, 1.807) is 11.0 Å². The Morgan fingerprint density at radius 3 is 2.40 bits per heavy atom. The fourth-order valence-corrected chi connectivity index (χ4v) is 3.28. The summed E-state index contributed by atoms with van der Waals surface area (Å²) in [6, 6.07) is 0.538. The van der Waals surface area contributed by atoms with E-state index in [0.29, 0.717) is 18.5 Å². The van der Waals surface area contributed by atoms with Crippen molar-refractivity contribution >= 4 is 29.9 Å². The molecule has 1 saturated heterocycles. The molecule has 8 heteroatoms. The zero-order valence-electron chi connectivity index (χ0n) is 16.0. The van der Waals surface area contributed by atoms with Crippen LogP contribution in [0.2, 0.25) is 0 Å². The molecule has 2 heterocycles. The van der Waals surface area contributed by atoms with Gasteiger partial charge in [-0.2, -0.15) is 5.10 Å². The highest BCUT2D eigenvalue weighted by Gasteiger charge is 2.22. The molecule has 1 aliphatic rings. The molecule has 25 heavy (non-hydrogen) atoms. The van der Waals surface area contributed by atoms with Crippen LogP contribution in [0.1, 0.15) is 45.4 Å². The molecule has 0 bridgehead atoms. The molecule has 0 amide bonds. The third kappa shape index (κ3) is 7.08. The Labute approximate surface area is 169 Å². The first-order valence-corrected chi connectivity index (χ1v) is 9.13. The van der Waals surface area contributed by atoms with Crippen molar-refractivity contribution in [3.8, 4) is 0 Å². The molecule has 1 atom stereocenters. The largest absolute Gasteiger partial charge is 0.355 e. The highest BCUT2D eigenvalue weighted by Crippen LogP contribution is 2.17. The van der Waals surface area contributed by atoms with E-state index in [0.717, 1.165) is 18.3 Å². The average molecular weight is 463 g/mol. The Hall–Kier alpha value is -0.900. The molecule has 0 aromatic carbocycles. The predicted octanol–water partition coefficient (Wildman–Crippen LogP) is 2.00. The molecule has 7 nitrogen and oxygen atoms in total. The van der Waals surface area contributed by atoms with E-state index in [4.69, 9.17) is 0 Å². The van der Waals surface area contributed by atoms with Gasteiger partial charge in [-0.3, -0.25) is 14.6 Å². The Kier molecular flexibility index (Phi) is 10.3. The number of rotatable bonds is 6. The van der Waals surface area contributed by atoms with Gasteiger partial charge in [-0.05, 0) is 31.8 Å². The third-order valence-electron chi connectivity index (χ3n) is 4.80. The van der Waals surface area contributed by atoms with Gasteiger partial charge in [0.2, 0.25) is 0 Å². The highest BCUT2D eigenvalue weighted by atomic mass is 127. The third-order valence-corrected chi connectivity index (χ3v) is 4.80. The first-order valence-electron chi connectivity index (χ1n) is 9.13. The summed E-state index contributed by atoms with van der Waals surface area (Å²) >= 11 is 0. The van der Waals surface area contributed by atoms with Gasteiger partial charge in [0.1, 0.15) is 12.2 Å². The van der Waals surface area contributed by atoms with E-state index < -0.39 is 0 Å². The van der Waals surface area contributed by atoms with Crippen molar-refractivity contribution in [3.63, 3.8) is 0 Å². The second-order valence-electron chi connectivity index (χ2n) is 6.87. The van der Waals surface area contributed by atoms with E-state index in [-0.39, 0.29) is 24.0 Å². The first kappa shape index (κ1) is 22.1. The minimum atomic E-state index is 0. The van der Waals surface area contributed by atoms with E-state index in [9.17, 15) is 0 Å². The van der Waals surface area contributed by atoms with Crippen molar-refractivity contribution < 1.29 is 0 Å². The molecule has 144 valence electrons. The van der Waals surface area contributed by atoms with Crippen molar-refractivity contribution in [2.75, 3.05) is 26.7 Å². The van der Waals surface area contributed by atoms with Gasteiger partial charge in [0.15, 0.2) is 5.96 Å². The molecule has 0 spiro atoms. The highest BCUT2D eigenvalue weighted by molar-refractivity contribution is 14.0. The van der Waals surface area contributed by atoms with Gasteiger partial charge in [0.25, 0.3) is 0 Å². The van der Waals surface area contributed by atoms with Crippen LogP contribution in [-0.4, -0.2) is 58.3 Å². The van der Waals surface area contributed by atoms with E-state index in [1.807, 2.05) is 14.1 Å². The van der Waals surface area contributed by atoms with Crippen LogP contribution in [0, 0.1) is 5.92 Å². The van der Waals surface area contributed by atoms with Crippen LogP contribution >= 0.6 is 24.0 Å². The van der Waals surface area contributed by atoms with E-state index >= 15 is 0 Å². The molecule has 0 aliphatic carbocycles. The number of nitrogens with one attached hydrogen (secondary N) is 2. The number of hydrogen-bond donors (Lipinski definition) is 2. The second kappa shape index (κ2) is 11.7. The monoisotopic (exact) mass is 463 g/mol. The van der Waals surface area contributed by atoms with Crippen molar-refractivity contribution in [2.24, 2.45) is 18.0 Å². The number of aryl methyl sites for hydroxylation is 1. The number of nitrogens with zero attached hydrogens (tertiary/aromatic N) is 5. The summed E-state index contributed by atoms with van der Waals surface area (Å²) in [5.41, 5.74) is 0.